The normalized spacial score (nSPS) is 18.2. The molecule has 3 aliphatic heterocycles. The number of nitrogens with zero attached hydrogens (tertiary/aromatic N) is 6. The van der Waals surface area contributed by atoms with Gasteiger partial charge in [0.2, 0.25) is 11.8 Å². The zero-order chi connectivity index (χ0) is 48.1. The maximum Gasteiger partial charge on any atom is 0.355 e. The fourth-order valence-corrected chi connectivity index (χ4v) is 12.4. The Morgan fingerprint density at radius 1 is 0.929 bits per heavy atom. The number of carboxylic acids is 1. The highest BCUT2D eigenvalue weighted by molar-refractivity contribution is 7.22. The second-order valence-corrected chi connectivity index (χ2v) is 20.8. The zero-order valence-corrected chi connectivity index (χ0v) is 40.3. The van der Waals surface area contributed by atoms with Gasteiger partial charge in [0.05, 0.1) is 34.0 Å². The Hall–Kier alpha value is -6.97. The van der Waals surface area contributed by atoms with Gasteiger partial charge in [-0.3, -0.25) is 29.7 Å². The lowest BCUT2D eigenvalue weighted by Crippen LogP contribution is -2.48. The van der Waals surface area contributed by atoms with Gasteiger partial charge < -0.3 is 19.6 Å². The van der Waals surface area contributed by atoms with Gasteiger partial charge in [-0.15, -0.1) is 0 Å². The number of aryl methyl sites for hydroxylation is 2. The summed E-state index contributed by atoms with van der Waals surface area (Å²) in [5.74, 6) is -0.415. The van der Waals surface area contributed by atoms with Gasteiger partial charge in [0.25, 0.3) is 5.91 Å². The second-order valence-electron chi connectivity index (χ2n) is 19.7. The first-order chi connectivity index (χ1) is 34.0. The van der Waals surface area contributed by atoms with Crippen LogP contribution in [0.5, 0.6) is 5.75 Å². The van der Waals surface area contributed by atoms with Crippen LogP contribution in [0, 0.1) is 18.3 Å². The summed E-state index contributed by atoms with van der Waals surface area (Å²) in [5, 5.41) is 22.2. The van der Waals surface area contributed by atoms with Crippen molar-refractivity contribution in [1.82, 2.24) is 30.0 Å². The molecule has 70 heavy (non-hydrogen) atoms. The smallest absolute Gasteiger partial charge is 0.355 e. The molecule has 0 bridgehead atoms. The molecule has 1 atom stereocenters. The maximum atomic E-state index is 13.6. The average Bonchev–Trinajstić information content (AvgIpc) is 3.92. The molecule has 1 aliphatic carbocycles. The van der Waals surface area contributed by atoms with Crippen LogP contribution in [0.4, 0.5) is 10.9 Å². The number of thiazole rings is 1. The van der Waals surface area contributed by atoms with Crippen molar-refractivity contribution in [3.63, 3.8) is 0 Å². The highest BCUT2D eigenvalue weighted by Gasteiger charge is 2.46. The summed E-state index contributed by atoms with van der Waals surface area (Å²) in [5.41, 5.74) is 8.98. The van der Waals surface area contributed by atoms with E-state index >= 15 is 0 Å². The molecular formula is C55H56N8O6S. The number of para-hydroxylation sites is 1. The van der Waals surface area contributed by atoms with Crippen molar-refractivity contribution in [2.75, 3.05) is 43.0 Å². The van der Waals surface area contributed by atoms with Crippen LogP contribution in [0.15, 0.2) is 91.0 Å². The number of fused-ring (bicyclic) bond motifs is 3. The molecular weight excluding hydrogens is 901 g/mol. The molecule has 2 saturated heterocycles. The predicted octanol–water partition coefficient (Wildman–Crippen LogP) is 9.09. The summed E-state index contributed by atoms with van der Waals surface area (Å²) in [6, 6.07) is 29.6. The Bertz CT molecular complexity index is 3170. The first-order valence-corrected chi connectivity index (χ1v) is 25.3. The standard InChI is InChI=1S/C55H56N8O6S/c1-33-37(38-17-19-47(57-50(38)53(67)68)63-25-21-36-9-5-11-39(42(36)31-63)51(65)59-54-56-43-12-3-4-14-46(43)70-54)10-6-13-45(33)69-32-35-29-55(30-35)22-26-62(27-23-55)24-7-8-34-15-16-40-44(28-34)61(2)60-49(40)41-18-20-48(64)58-52(41)66/h3-6,9-17,19,28,35,41H,7-8,18,20-27,29-32H2,1-2H3,(H,67,68)(H,56,59,65)(H,58,64,66). The monoisotopic (exact) mass is 956 g/mol. The predicted molar refractivity (Wildman–Crippen MR) is 271 cm³/mol. The molecule has 15 heteroatoms. The number of carboxylic acid groups (broad SMARTS) is 1. The molecule has 4 aliphatic rings. The molecule has 6 heterocycles. The lowest BCUT2D eigenvalue weighted by molar-refractivity contribution is -0.134. The minimum absolute atomic E-state index is 0.0222. The lowest BCUT2D eigenvalue weighted by atomic mass is 9.58. The topological polar surface area (TPSA) is 172 Å². The van der Waals surface area contributed by atoms with Crippen molar-refractivity contribution < 1.29 is 29.0 Å². The van der Waals surface area contributed by atoms with Crippen LogP contribution in [-0.4, -0.2) is 86.2 Å². The van der Waals surface area contributed by atoms with E-state index in [2.05, 4.69) is 38.7 Å². The van der Waals surface area contributed by atoms with Crippen LogP contribution in [0.2, 0.25) is 0 Å². The number of carbonyl (C=O) groups is 4. The number of hydrogen-bond acceptors (Lipinski definition) is 11. The number of aromatic carboxylic acids is 1. The number of aromatic nitrogens is 4. The quantitative estimate of drug-likeness (QED) is 0.0942. The van der Waals surface area contributed by atoms with Gasteiger partial charge in [-0.25, -0.2) is 14.8 Å². The molecule has 358 valence electrons. The van der Waals surface area contributed by atoms with Crippen molar-refractivity contribution in [2.45, 2.75) is 77.2 Å². The van der Waals surface area contributed by atoms with Crippen molar-refractivity contribution in [3.05, 3.63) is 130 Å². The van der Waals surface area contributed by atoms with E-state index in [1.165, 1.54) is 29.7 Å². The Balaban J connectivity index is 0.673. The summed E-state index contributed by atoms with van der Waals surface area (Å²) in [6.45, 7) is 6.95. The highest BCUT2D eigenvalue weighted by Crippen LogP contribution is 2.53. The van der Waals surface area contributed by atoms with Crippen LogP contribution in [0.25, 0.3) is 32.2 Å². The largest absolute Gasteiger partial charge is 0.493 e. The molecule has 3 fully saturated rings. The van der Waals surface area contributed by atoms with Crippen molar-refractivity contribution >= 4 is 67.1 Å². The SMILES string of the molecule is Cc1c(OCC2CC3(CCN(CCCc4ccc5c(C6CCC(=O)NC6=O)nn(C)c5c4)CC3)C2)cccc1-c1ccc(N2CCc3cccc(C(=O)Nc4nc5ccccc5s4)c3C2)nc1C(=O)O. The summed E-state index contributed by atoms with van der Waals surface area (Å²) < 4.78 is 9.36. The second kappa shape index (κ2) is 18.7. The van der Waals surface area contributed by atoms with E-state index in [9.17, 15) is 24.3 Å². The van der Waals surface area contributed by atoms with E-state index < -0.39 is 11.9 Å². The third-order valence-corrected chi connectivity index (χ3v) is 16.3. The molecule has 1 spiro atoms. The molecule has 4 aromatic carbocycles. The molecule has 3 aromatic heterocycles. The molecule has 11 rings (SSSR count). The van der Waals surface area contributed by atoms with Crippen LogP contribution < -0.4 is 20.3 Å². The first kappa shape index (κ1) is 45.5. The number of imide groups is 1. The summed E-state index contributed by atoms with van der Waals surface area (Å²) in [7, 11) is 1.92. The van der Waals surface area contributed by atoms with E-state index in [1.54, 1.807) is 0 Å². The van der Waals surface area contributed by atoms with Crippen molar-refractivity contribution in [2.24, 2.45) is 18.4 Å². The van der Waals surface area contributed by atoms with E-state index in [1.807, 2.05) is 96.3 Å². The van der Waals surface area contributed by atoms with Crippen LogP contribution in [-0.2, 0) is 36.0 Å². The number of pyridine rings is 1. The summed E-state index contributed by atoms with van der Waals surface area (Å²) in [4.78, 5) is 64.8. The van der Waals surface area contributed by atoms with E-state index in [4.69, 9.17) is 14.8 Å². The Labute approximate surface area is 410 Å². The van der Waals surface area contributed by atoms with Gasteiger partial charge in [0.1, 0.15) is 11.6 Å². The van der Waals surface area contributed by atoms with Gasteiger partial charge in [0, 0.05) is 43.1 Å². The number of rotatable bonds is 13. The fraction of sp³-hybridized carbons (Fsp3) is 0.364. The highest BCUT2D eigenvalue weighted by atomic mass is 32.1. The Morgan fingerprint density at radius 2 is 1.76 bits per heavy atom. The van der Waals surface area contributed by atoms with Crippen LogP contribution in [0.1, 0.15) is 99.7 Å². The molecule has 14 nitrogen and oxygen atoms in total. The number of hydrogen-bond donors (Lipinski definition) is 3. The number of ether oxygens (including phenoxy) is 1. The number of anilines is 2. The zero-order valence-electron chi connectivity index (χ0n) is 39.5. The van der Waals surface area contributed by atoms with E-state index in [0.29, 0.717) is 72.4 Å². The van der Waals surface area contributed by atoms with Crippen LogP contribution in [0.3, 0.4) is 0 Å². The Morgan fingerprint density at radius 3 is 2.57 bits per heavy atom. The maximum absolute atomic E-state index is 13.6. The molecule has 3 amide bonds. The number of benzene rings is 4. The van der Waals surface area contributed by atoms with Gasteiger partial charge in [-0.1, -0.05) is 59.9 Å². The third kappa shape index (κ3) is 8.92. The molecule has 0 radical (unpaired) electrons. The summed E-state index contributed by atoms with van der Waals surface area (Å²) >= 11 is 1.44. The minimum atomic E-state index is -1.10. The van der Waals surface area contributed by atoms with E-state index in [-0.39, 0.29) is 23.4 Å². The summed E-state index contributed by atoms with van der Waals surface area (Å²) in [6.07, 6.45) is 8.29. The van der Waals surface area contributed by atoms with Crippen molar-refractivity contribution in [3.8, 4) is 16.9 Å². The van der Waals surface area contributed by atoms with Gasteiger partial charge in [-0.2, -0.15) is 5.10 Å². The van der Waals surface area contributed by atoms with Gasteiger partial charge >= 0.3 is 5.97 Å². The number of piperidine rings is 2. The van der Waals surface area contributed by atoms with Crippen LogP contribution >= 0.6 is 11.3 Å². The molecule has 1 saturated carbocycles. The molecule has 3 N–H and O–H groups in total. The third-order valence-electron chi connectivity index (χ3n) is 15.3. The Kier molecular flexibility index (Phi) is 12.2. The molecule has 1 unspecified atom stereocenters. The van der Waals surface area contributed by atoms with Gasteiger partial charge in [0.15, 0.2) is 10.8 Å². The number of nitrogens with one attached hydrogen (secondary N) is 2. The fourth-order valence-electron chi connectivity index (χ4n) is 11.5. The van der Waals surface area contributed by atoms with E-state index in [0.717, 1.165) is 100 Å². The number of carbonyl (C=O) groups excluding carboxylic acids is 3. The van der Waals surface area contributed by atoms with Crippen molar-refractivity contribution in [1.29, 1.82) is 0 Å². The first-order valence-electron chi connectivity index (χ1n) is 24.5. The number of amides is 3. The van der Waals surface area contributed by atoms with Gasteiger partial charge in [-0.05, 0) is 160 Å². The minimum Gasteiger partial charge on any atom is -0.493 e. The lowest BCUT2D eigenvalue weighted by Gasteiger charge is -2.52. The average molecular weight is 957 g/mol. The molecule has 7 aromatic rings. The number of likely N-dealkylation sites (tertiary alicyclic amines) is 1.